The maximum atomic E-state index is 12.0. The Kier molecular flexibility index (Phi) is 6.99. The van der Waals surface area contributed by atoms with Gasteiger partial charge < -0.3 is 10.1 Å². The number of thioether (sulfide) groups is 1. The summed E-state index contributed by atoms with van der Waals surface area (Å²) < 4.78 is 4.55. The van der Waals surface area contributed by atoms with E-state index in [9.17, 15) is 19.7 Å². The van der Waals surface area contributed by atoms with Gasteiger partial charge >= 0.3 is 5.97 Å². The first-order chi connectivity index (χ1) is 12.4. The maximum Gasteiger partial charge on any atom is 0.338 e. The number of ether oxygens (including phenoxy) is 1. The van der Waals surface area contributed by atoms with Gasteiger partial charge in [0.2, 0.25) is 5.91 Å². The van der Waals surface area contributed by atoms with Crippen molar-refractivity contribution in [3.05, 3.63) is 68.7 Å². The number of hydrogen-bond donors (Lipinski definition) is 1. The molecule has 0 aliphatic rings. The molecule has 26 heavy (non-hydrogen) atoms. The van der Waals surface area contributed by atoms with Crippen molar-refractivity contribution in [1.82, 2.24) is 5.32 Å². The molecule has 0 aliphatic heterocycles. The third-order valence-electron chi connectivity index (χ3n) is 3.37. The molecule has 0 atom stereocenters. The predicted octanol–water partition coefficient (Wildman–Crippen LogP) is 3.44. The summed E-state index contributed by atoms with van der Waals surface area (Å²) in [4.78, 5) is 34.4. The number of amides is 1. The number of nitro groups is 1. The zero-order valence-corrected chi connectivity index (χ0v) is 15.3. The number of halogens is 1. The summed E-state index contributed by atoms with van der Waals surface area (Å²) in [5.41, 5.74) is 0.601. The third-order valence-corrected chi connectivity index (χ3v) is 4.80. The minimum absolute atomic E-state index is 0.0110. The van der Waals surface area contributed by atoms with Crippen molar-refractivity contribution >= 4 is 40.9 Å². The Labute approximate surface area is 158 Å². The van der Waals surface area contributed by atoms with E-state index < -0.39 is 10.9 Å². The quantitative estimate of drug-likeness (QED) is 0.334. The lowest BCUT2D eigenvalue weighted by Gasteiger charge is -2.08. The molecule has 0 radical (unpaired) electrons. The number of benzene rings is 2. The molecular formula is C17H15ClN2O5S. The number of nitrogens with zero attached hydrogens (tertiary/aromatic N) is 1. The number of nitrogens with one attached hydrogen (secondary N) is 1. The van der Waals surface area contributed by atoms with Crippen LogP contribution in [0, 0.1) is 10.1 Å². The maximum absolute atomic E-state index is 12.0. The van der Waals surface area contributed by atoms with Gasteiger partial charge in [0.1, 0.15) is 0 Å². The lowest BCUT2D eigenvalue weighted by Crippen LogP contribution is -2.24. The second kappa shape index (κ2) is 9.21. The minimum Gasteiger partial charge on any atom is -0.465 e. The predicted molar refractivity (Wildman–Crippen MR) is 98.5 cm³/mol. The molecule has 2 aromatic rings. The molecule has 136 valence electrons. The summed E-state index contributed by atoms with van der Waals surface area (Å²) in [6.45, 7) is 0.266. The monoisotopic (exact) mass is 394 g/mol. The SMILES string of the molecule is COC(=O)c1ccc(SCC(=O)NCc2ccccc2Cl)c([N+](=O)[O-])c1. The average molecular weight is 395 g/mol. The Morgan fingerprint density at radius 1 is 1.27 bits per heavy atom. The van der Waals surface area contributed by atoms with E-state index in [1.54, 1.807) is 18.2 Å². The van der Waals surface area contributed by atoms with Crippen LogP contribution in [0.25, 0.3) is 0 Å². The number of nitro benzene ring substituents is 1. The fourth-order valence-electron chi connectivity index (χ4n) is 2.06. The van der Waals surface area contributed by atoms with Crippen molar-refractivity contribution in [2.75, 3.05) is 12.9 Å². The van der Waals surface area contributed by atoms with E-state index in [0.717, 1.165) is 23.4 Å². The van der Waals surface area contributed by atoms with Crippen molar-refractivity contribution < 1.29 is 19.2 Å². The highest BCUT2D eigenvalue weighted by Crippen LogP contribution is 2.30. The summed E-state index contributed by atoms with van der Waals surface area (Å²) in [5.74, 6) is -0.966. The Morgan fingerprint density at radius 2 is 2.00 bits per heavy atom. The van der Waals surface area contributed by atoms with Crippen LogP contribution in [0.2, 0.25) is 5.02 Å². The zero-order chi connectivity index (χ0) is 19.1. The highest BCUT2D eigenvalue weighted by atomic mass is 35.5. The molecule has 0 aromatic heterocycles. The van der Waals surface area contributed by atoms with Crippen LogP contribution in [0.5, 0.6) is 0 Å². The van der Waals surface area contributed by atoms with Gasteiger partial charge in [-0.1, -0.05) is 29.8 Å². The molecule has 1 amide bonds. The fourth-order valence-corrected chi connectivity index (χ4v) is 3.09. The topological polar surface area (TPSA) is 98.5 Å². The first-order valence-corrected chi connectivity index (χ1v) is 8.78. The average Bonchev–Trinajstić information content (AvgIpc) is 2.64. The molecule has 0 aliphatic carbocycles. The van der Waals surface area contributed by atoms with Crippen LogP contribution in [-0.2, 0) is 16.1 Å². The van der Waals surface area contributed by atoms with Gasteiger partial charge in [0, 0.05) is 17.6 Å². The molecule has 2 rings (SSSR count). The molecule has 9 heteroatoms. The van der Waals surface area contributed by atoms with Crippen LogP contribution in [-0.4, -0.2) is 29.7 Å². The van der Waals surface area contributed by atoms with E-state index in [1.807, 2.05) is 6.07 Å². The van der Waals surface area contributed by atoms with Crippen LogP contribution in [0.4, 0.5) is 5.69 Å². The molecule has 0 spiro atoms. The molecule has 0 unspecified atom stereocenters. The van der Waals surface area contributed by atoms with Gasteiger partial charge in [-0.05, 0) is 23.8 Å². The zero-order valence-electron chi connectivity index (χ0n) is 13.7. The van der Waals surface area contributed by atoms with E-state index in [1.165, 1.54) is 19.2 Å². The number of carbonyl (C=O) groups excluding carboxylic acids is 2. The second-order valence-corrected chi connectivity index (χ2v) is 6.51. The van der Waals surface area contributed by atoms with Crippen molar-refractivity contribution in [2.24, 2.45) is 0 Å². The highest BCUT2D eigenvalue weighted by molar-refractivity contribution is 8.00. The molecule has 0 fully saturated rings. The molecule has 0 heterocycles. The first-order valence-electron chi connectivity index (χ1n) is 7.42. The Bertz CT molecular complexity index is 844. The molecule has 0 bridgehead atoms. The molecule has 2 aromatic carbocycles. The Balaban J connectivity index is 1.99. The largest absolute Gasteiger partial charge is 0.465 e. The van der Waals surface area contributed by atoms with Gasteiger partial charge in [0.15, 0.2) is 0 Å². The van der Waals surface area contributed by atoms with E-state index in [4.69, 9.17) is 11.6 Å². The van der Waals surface area contributed by atoms with Gasteiger partial charge in [-0.25, -0.2) is 4.79 Å². The van der Waals surface area contributed by atoms with Crippen LogP contribution in [0.1, 0.15) is 15.9 Å². The van der Waals surface area contributed by atoms with Gasteiger partial charge in [-0.3, -0.25) is 14.9 Å². The summed E-state index contributed by atoms with van der Waals surface area (Å²) in [5, 5.41) is 14.5. The van der Waals surface area contributed by atoms with E-state index in [-0.39, 0.29) is 34.4 Å². The number of rotatable bonds is 7. The van der Waals surface area contributed by atoms with Gasteiger partial charge in [0.05, 0.1) is 28.2 Å². The fraction of sp³-hybridized carbons (Fsp3) is 0.176. The number of carbonyl (C=O) groups is 2. The summed E-state index contributed by atoms with van der Waals surface area (Å²) in [6.07, 6.45) is 0. The van der Waals surface area contributed by atoms with Crippen LogP contribution < -0.4 is 5.32 Å². The normalized spacial score (nSPS) is 10.2. The summed E-state index contributed by atoms with van der Waals surface area (Å²) >= 11 is 7.03. The van der Waals surface area contributed by atoms with Crippen LogP contribution in [0.3, 0.4) is 0 Å². The van der Waals surface area contributed by atoms with E-state index >= 15 is 0 Å². The van der Waals surface area contributed by atoms with Crippen molar-refractivity contribution in [2.45, 2.75) is 11.4 Å². The number of hydrogen-bond acceptors (Lipinski definition) is 6. The van der Waals surface area contributed by atoms with Crippen LogP contribution >= 0.6 is 23.4 Å². The third kappa shape index (κ3) is 5.21. The van der Waals surface area contributed by atoms with Crippen molar-refractivity contribution in [3.63, 3.8) is 0 Å². The van der Waals surface area contributed by atoms with Crippen molar-refractivity contribution in [1.29, 1.82) is 0 Å². The standard InChI is InChI=1S/C17H15ClN2O5S/c1-25-17(22)11-6-7-15(14(8-11)20(23)24)26-10-16(21)19-9-12-4-2-3-5-13(12)18/h2-8H,9-10H2,1H3,(H,19,21). The van der Waals surface area contributed by atoms with Crippen molar-refractivity contribution in [3.8, 4) is 0 Å². The second-order valence-electron chi connectivity index (χ2n) is 5.09. The van der Waals surface area contributed by atoms with Gasteiger partial charge in [0.25, 0.3) is 5.69 Å². The van der Waals surface area contributed by atoms with Crippen LogP contribution in [0.15, 0.2) is 47.4 Å². The lowest BCUT2D eigenvalue weighted by atomic mass is 10.2. The summed E-state index contributed by atoms with van der Waals surface area (Å²) in [7, 11) is 1.19. The molecule has 1 N–H and O–H groups in total. The van der Waals surface area contributed by atoms with E-state index in [2.05, 4.69) is 10.1 Å². The highest BCUT2D eigenvalue weighted by Gasteiger charge is 2.19. The lowest BCUT2D eigenvalue weighted by molar-refractivity contribution is -0.387. The summed E-state index contributed by atoms with van der Waals surface area (Å²) in [6, 6.07) is 11.1. The Hall–Kier alpha value is -2.58. The molecule has 0 saturated heterocycles. The first kappa shape index (κ1) is 19.7. The van der Waals surface area contributed by atoms with Gasteiger partial charge in [-0.2, -0.15) is 0 Å². The molecule has 7 nitrogen and oxygen atoms in total. The number of esters is 1. The van der Waals surface area contributed by atoms with Gasteiger partial charge in [-0.15, -0.1) is 11.8 Å². The molecule has 0 saturated carbocycles. The molecular weight excluding hydrogens is 380 g/mol. The minimum atomic E-state index is -0.665. The smallest absolute Gasteiger partial charge is 0.338 e. The number of methoxy groups -OCH3 is 1. The van der Waals surface area contributed by atoms with E-state index in [0.29, 0.717) is 5.02 Å². The Morgan fingerprint density at radius 3 is 2.65 bits per heavy atom.